The fourth-order valence-electron chi connectivity index (χ4n) is 2.87. The van der Waals surface area contributed by atoms with Crippen LogP contribution in [-0.2, 0) is 10.2 Å². The van der Waals surface area contributed by atoms with Crippen molar-refractivity contribution in [2.45, 2.75) is 39.5 Å². The van der Waals surface area contributed by atoms with Gasteiger partial charge in [0.15, 0.2) is 0 Å². The Kier molecular flexibility index (Phi) is 6.19. The van der Waals surface area contributed by atoms with Gasteiger partial charge < -0.3 is 15.1 Å². The quantitative estimate of drug-likeness (QED) is 0.907. The van der Waals surface area contributed by atoms with Gasteiger partial charge in [-0.25, -0.2) is 0 Å². The molecule has 0 aliphatic carbocycles. The molecular formula is C19H31N3O. The summed E-state index contributed by atoms with van der Waals surface area (Å²) in [6, 6.07) is 8.19. The minimum absolute atomic E-state index is 0.103. The summed E-state index contributed by atoms with van der Waals surface area (Å²) >= 11 is 0. The summed E-state index contributed by atoms with van der Waals surface area (Å²) in [5.74, 6) is 0.103. The number of nitrogens with zero attached hydrogens (tertiary/aromatic N) is 2. The molecule has 1 heterocycles. The predicted octanol–water partition coefficient (Wildman–Crippen LogP) is 2.95. The van der Waals surface area contributed by atoms with Crippen LogP contribution in [0.1, 0.15) is 39.7 Å². The molecule has 1 aliphatic heterocycles. The number of hydrogen-bond donors (Lipinski definition) is 1. The molecule has 2 rings (SSSR count). The topological polar surface area (TPSA) is 35.6 Å². The third-order valence-electron chi connectivity index (χ3n) is 4.60. The van der Waals surface area contributed by atoms with E-state index in [0.717, 1.165) is 45.0 Å². The van der Waals surface area contributed by atoms with Crippen LogP contribution in [-0.4, -0.2) is 55.0 Å². The fourth-order valence-corrected chi connectivity index (χ4v) is 2.87. The lowest BCUT2D eigenvalue weighted by Gasteiger charge is -2.33. The molecule has 1 aromatic rings. The van der Waals surface area contributed by atoms with Gasteiger partial charge in [-0.1, -0.05) is 39.8 Å². The van der Waals surface area contributed by atoms with Crippen LogP contribution in [0.5, 0.6) is 0 Å². The molecule has 4 heteroatoms. The van der Waals surface area contributed by atoms with Crippen LogP contribution in [0.3, 0.4) is 0 Å². The van der Waals surface area contributed by atoms with Gasteiger partial charge in [-0.05, 0) is 29.7 Å². The fraction of sp³-hybridized carbons (Fsp3) is 0.632. The second-order valence-electron chi connectivity index (χ2n) is 7.40. The van der Waals surface area contributed by atoms with Crippen LogP contribution < -0.4 is 5.32 Å². The Morgan fingerprint density at radius 1 is 1.04 bits per heavy atom. The third-order valence-corrected chi connectivity index (χ3v) is 4.60. The van der Waals surface area contributed by atoms with Gasteiger partial charge in [-0.2, -0.15) is 0 Å². The summed E-state index contributed by atoms with van der Waals surface area (Å²) in [7, 11) is 0. The van der Waals surface area contributed by atoms with Crippen molar-refractivity contribution in [2.75, 3.05) is 44.6 Å². The largest absolute Gasteiger partial charge is 0.326 e. The molecule has 1 aliphatic rings. The lowest BCUT2D eigenvalue weighted by atomic mass is 9.87. The number of likely N-dealkylation sites (N-methyl/N-ethyl adjacent to an activating group) is 1. The Bertz CT molecular complexity index is 496. The van der Waals surface area contributed by atoms with Gasteiger partial charge in [-0.3, -0.25) is 4.79 Å². The monoisotopic (exact) mass is 317 g/mol. The summed E-state index contributed by atoms with van der Waals surface area (Å²) in [5, 5.41) is 3.00. The lowest BCUT2D eigenvalue weighted by molar-refractivity contribution is -0.116. The second kappa shape index (κ2) is 7.93. The number of amides is 1. The molecule has 4 nitrogen and oxygen atoms in total. The Morgan fingerprint density at radius 3 is 2.13 bits per heavy atom. The molecule has 0 atom stereocenters. The molecular weight excluding hydrogens is 286 g/mol. The van der Waals surface area contributed by atoms with Crippen molar-refractivity contribution < 1.29 is 4.79 Å². The van der Waals surface area contributed by atoms with Crippen molar-refractivity contribution in [3.05, 3.63) is 29.8 Å². The van der Waals surface area contributed by atoms with Gasteiger partial charge in [0.2, 0.25) is 5.91 Å². The number of anilines is 1. The van der Waals surface area contributed by atoms with E-state index in [4.69, 9.17) is 0 Å². The van der Waals surface area contributed by atoms with E-state index in [2.05, 4.69) is 54.9 Å². The van der Waals surface area contributed by atoms with E-state index in [9.17, 15) is 4.79 Å². The maximum atomic E-state index is 12.1. The standard InChI is InChI=1S/C19H31N3O/c1-5-21-12-14-22(15-13-21)11-10-18(23)20-17-8-6-16(7-9-17)19(2,3)4/h6-9H,5,10-15H2,1-4H3,(H,20,23). The molecule has 1 saturated heterocycles. The van der Waals surface area contributed by atoms with E-state index < -0.39 is 0 Å². The van der Waals surface area contributed by atoms with Crippen LogP contribution in [0, 0.1) is 0 Å². The Morgan fingerprint density at radius 2 is 1.61 bits per heavy atom. The number of carbonyl (C=O) groups is 1. The van der Waals surface area contributed by atoms with E-state index in [1.54, 1.807) is 0 Å². The zero-order chi connectivity index (χ0) is 16.9. The average molecular weight is 317 g/mol. The minimum atomic E-state index is 0.103. The van der Waals surface area contributed by atoms with E-state index in [-0.39, 0.29) is 11.3 Å². The van der Waals surface area contributed by atoms with E-state index in [1.807, 2.05) is 12.1 Å². The Balaban J connectivity index is 1.75. The van der Waals surface area contributed by atoms with Crippen molar-refractivity contribution in [1.82, 2.24) is 9.80 Å². The molecule has 0 unspecified atom stereocenters. The number of carbonyl (C=O) groups excluding carboxylic acids is 1. The van der Waals surface area contributed by atoms with Crippen LogP contribution in [0.2, 0.25) is 0 Å². The number of nitrogens with one attached hydrogen (secondary N) is 1. The molecule has 0 saturated carbocycles. The molecule has 0 spiro atoms. The van der Waals surface area contributed by atoms with Crippen LogP contribution in [0.15, 0.2) is 24.3 Å². The Labute approximate surface area is 140 Å². The van der Waals surface area contributed by atoms with E-state index in [1.165, 1.54) is 5.56 Å². The SMILES string of the molecule is CCN1CCN(CCC(=O)Nc2ccc(C(C)(C)C)cc2)CC1. The second-order valence-corrected chi connectivity index (χ2v) is 7.40. The summed E-state index contributed by atoms with van der Waals surface area (Å²) in [6.45, 7) is 15.1. The van der Waals surface area contributed by atoms with Gasteiger partial charge in [0.1, 0.15) is 0 Å². The molecule has 1 N–H and O–H groups in total. The predicted molar refractivity (Wildman–Crippen MR) is 96.9 cm³/mol. The van der Waals surface area contributed by atoms with Gasteiger partial charge >= 0.3 is 0 Å². The summed E-state index contributed by atoms with van der Waals surface area (Å²) in [4.78, 5) is 16.9. The smallest absolute Gasteiger partial charge is 0.225 e. The van der Waals surface area contributed by atoms with Crippen LogP contribution >= 0.6 is 0 Å². The molecule has 0 radical (unpaired) electrons. The highest BCUT2D eigenvalue weighted by atomic mass is 16.1. The van der Waals surface area contributed by atoms with E-state index >= 15 is 0 Å². The molecule has 0 aromatic heterocycles. The maximum absolute atomic E-state index is 12.1. The summed E-state index contributed by atoms with van der Waals surface area (Å²) in [5.41, 5.74) is 2.31. The number of hydrogen-bond acceptors (Lipinski definition) is 3. The van der Waals surface area contributed by atoms with Crippen molar-refractivity contribution in [1.29, 1.82) is 0 Å². The molecule has 1 fully saturated rings. The van der Waals surface area contributed by atoms with Crippen LogP contribution in [0.25, 0.3) is 0 Å². The van der Waals surface area contributed by atoms with Gasteiger partial charge in [0.05, 0.1) is 0 Å². The van der Waals surface area contributed by atoms with Crippen LogP contribution in [0.4, 0.5) is 5.69 Å². The number of rotatable bonds is 5. The molecule has 1 aromatic carbocycles. The van der Waals surface area contributed by atoms with Crippen molar-refractivity contribution in [3.63, 3.8) is 0 Å². The summed E-state index contributed by atoms with van der Waals surface area (Å²) in [6.07, 6.45) is 0.563. The zero-order valence-corrected chi connectivity index (χ0v) is 15.1. The molecule has 0 bridgehead atoms. The first kappa shape index (κ1) is 18.0. The first-order valence-corrected chi connectivity index (χ1v) is 8.73. The highest BCUT2D eigenvalue weighted by Crippen LogP contribution is 2.23. The number of benzene rings is 1. The first-order valence-electron chi connectivity index (χ1n) is 8.73. The third kappa shape index (κ3) is 5.63. The van der Waals surface area contributed by atoms with Gasteiger partial charge in [0.25, 0.3) is 0 Å². The van der Waals surface area contributed by atoms with Gasteiger partial charge in [0, 0.05) is 44.8 Å². The highest BCUT2D eigenvalue weighted by molar-refractivity contribution is 5.90. The Hall–Kier alpha value is -1.39. The highest BCUT2D eigenvalue weighted by Gasteiger charge is 2.16. The lowest BCUT2D eigenvalue weighted by Crippen LogP contribution is -2.46. The average Bonchev–Trinajstić information content (AvgIpc) is 2.53. The first-order chi connectivity index (χ1) is 10.9. The van der Waals surface area contributed by atoms with Crippen molar-refractivity contribution in [2.24, 2.45) is 0 Å². The zero-order valence-electron chi connectivity index (χ0n) is 15.1. The van der Waals surface area contributed by atoms with Gasteiger partial charge in [-0.15, -0.1) is 0 Å². The maximum Gasteiger partial charge on any atom is 0.225 e. The normalized spacial score (nSPS) is 17.2. The summed E-state index contributed by atoms with van der Waals surface area (Å²) < 4.78 is 0. The molecule has 128 valence electrons. The van der Waals surface area contributed by atoms with Crippen molar-refractivity contribution in [3.8, 4) is 0 Å². The van der Waals surface area contributed by atoms with Crippen molar-refractivity contribution >= 4 is 11.6 Å². The minimum Gasteiger partial charge on any atom is -0.326 e. The number of piperazine rings is 1. The molecule has 23 heavy (non-hydrogen) atoms. The molecule has 1 amide bonds. The van der Waals surface area contributed by atoms with E-state index in [0.29, 0.717) is 6.42 Å².